The zero-order valence-electron chi connectivity index (χ0n) is 19.0. The summed E-state index contributed by atoms with van der Waals surface area (Å²) >= 11 is 0. The van der Waals surface area contributed by atoms with Crippen LogP contribution in [0.15, 0.2) is 11.6 Å². The van der Waals surface area contributed by atoms with Gasteiger partial charge in [0.1, 0.15) is 12.2 Å². The van der Waals surface area contributed by atoms with Crippen LogP contribution in [0, 0.1) is 34.0 Å². The number of rotatable bonds is 2. The molecule has 4 aliphatic carbocycles. The molecule has 0 heterocycles. The molecule has 0 aliphatic heterocycles. The number of carbonyl (C=O) groups is 2. The normalized spacial score (nSPS) is 45.3. The van der Waals surface area contributed by atoms with Gasteiger partial charge in [0.15, 0.2) is 0 Å². The highest BCUT2D eigenvalue weighted by Gasteiger charge is 2.61. The average molecular weight is 403 g/mol. The van der Waals surface area contributed by atoms with E-state index in [0.717, 1.165) is 32.1 Å². The summed E-state index contributed by atoms with van der Waals surface area (Å²) in [6, 6.07) is 0. The highest BCUT2D eigenvalue weighted by atomic mass is 16.5. The summed E-state index contributed by atoms with van der Waals surface area (Å²) in [7, 11) is 0. The van der Waals surface area contributed by atoms with Gasteiger partial charge in [-0.1, -0.05) is 39.3 Å². The molecular formula is C25H38O4. The molecule has 4 aliphatic rings. The zero-order chi connectivity index (χ0) is 21.2. The number of hydrogen-bond donors (Lipinski definition) is 0. The van der Waals surface area contributed by atoms with Crippen LogP contribution in [0.2, 0.25) is 0 Å². The van der Waals surface area contributed by atoms with Gasteiger partial charge < -0.3 is 9.47 Å². The van der Waals surface area contributed by atoms with Crippen molar-refractivity contribution < 1.29 is 19.1 Å². The van der Waals surface area contributed by atoms with Crippen molar-refractivity contribution in [2.75, 3.05) is 0 Å². The Balaban J connectivity index is 1.63. The number of hydrogen-bond acceptors (Lipinski definition) is 4. The molecular weight excluding hydrogens is 364 g/mol. The third kappa shape index (κ3) is 3.08. The second-order valence-corrected chi connectivity index (χ2v) is 11.2. The van der Waals surface area contributed by atoms with Gasteiger partial charge in [-0.15, -0.1) is 0 Å². The summed E-state index contributed by atoms with van der Waals surface area (Å²) in [6.45, 7) is 12.5. The Morgan fingerprint density at radius 1 is 0.862 bits per heavy atom. The van der Waals surface area contributed by atoms with E-state index in [0.29, 0.717) is 17.8 Å². The van der Waals surface area contributed by atoms with Crippen LogP contribution >= 0.6 is 0 Å². The minimum absolute atomic E-state index is 0.0236. The van der Waals surface area contributed by atoms with Crippen molar-refractivity contribution >= 4 is 11.9 Å². The zero-order valence-corrected chi connectivity index (χ0v) is 19.0. The topological polar surface area (TPSA) is 52.6 Å². The quantitative estimate of drug-likeness (QED) is 0.455. The van der Waals surface area contributed by atoms with Crippen LogP contribution in [-0.2, 0) is 19.1 Å². The average Bonchev–Trinajstić information content (AvgIpc) is 2.93. The number of ether oxygens (including phenoxy) is 2. The molecule has 3 fully saturated rings. The lowest BCUT2D eigenvalue weighted by atomic mass is 9.45. The maximum Gasteiger partial charge on any atom is 0.302 e. The fraction of sp³-hybridized carbons (Fsp3) is 0.840. The molecule has 0 aromatic rings. The summed E-state index contributed by atoms with van der Waals surface area (Å²) in [5, 5.41) is 0. The van der Waals surface area contributed by atoms with Gasteiger partial charge in [-0.2, -0.15) is 0 Å². The fourth-order valence-electron chi connectivity index (χ4n) is 8.13. The molecule has 0 saturated heterocycles. The summed E-state index contributed by atoms with van der Waals surface area (Å²) in [5.74, 6) is 1.67. The van der Waals surface area contributed by atoms with Gasteiger partial charge >= 0.3 is 11.9 Å². The van der Waals surface area contributed by atoms with Crippen LogP contribution in [0.3, 0.4) is 0 Å². The van der Waals surface area contributed by atoms with Gasteiger partial charge in [-0.25, -0.2) is 0 Å². The van der Waals surface area contributed by atoms with E-state index in [4.69, 9.17) is 9.47 Å². The monoisotopic (exact) mass is 402 g/mol. The Morgan fingerprint density at radius 3 is 2.17 bits per heavy atom. The molecule has 0 bridgehead atoms. The Hall–Kier alpha value is -1.32. The minimum atomic E-state index is -0.170. The van der Waals surface area contributed by atoms with E-state index in [9.17, 15) is 9.59 Å². The van der Waals surface area contributed by atoms with Crippen LogP contribution in [0.4, 0.5) is 0 Å². The van der Waals surface area contributed by atoms with E-state index in [-0.39, 0.29) is 40.4 Å². The molecule has 4 nitrogen and oxygen atoms in total. The molecule has 5 unspecified atom stereocenters. The molecule has 3 saturated carbocycles. The Bertz CT molecular complexity index is 737. The van der Waals surface area contributed by atoms with Crippen molar-refractivity contribution in [3.05, 3.63) is 11.6 Å². The summed E-state index contributed by atoms with van der Waals surface area (Å²) in [5.41, 5.74) is 1.71. The van der Waals surface area contributed by atoms with Crippen molar-refractivity contribution in [2.24, 2.45) is 34.0 Å². The van der Waals surface area contributed by atoms with E-state index in [1.54, 1.807) is 6.92 Å². The van der Waals surface area contributed by atoms with Crippen LogP contribution in [-0.4, -0.2) is 24.1 Å². The Kier molecular flexibility index (Phi) is 4.94. The number of allylic oxidation sites excluding steroid dienone is 1. The number of fused-ring (bicyclic) bond motifs is 5. The first-order valence-electron chi connectivity index (χ1n) is 11.6. The van der Waals surface area contributed by atoms with Gasteiger partial charge in [0.05, 0.1) is 0 Å². The Labute approximate surface area is 175 Å². The van der Waals surface area contributed by atoms with Crippen molar-refractivity contribution in [1.29, 1.82) is 0 Å². The molecule has 0 N–H and O–H groups in total. The van der Waals surface area contributed by atoms with E-state index < -0.39 is 0 Å². The molecule has 0 radical (unpaired) electrons. The standard InChI is InChI=1S/C25H38O4/c1-15(26)28-21-12-14-24(5)19-11-13-25(6)18(8-10-22(25)29-16(2)27)17(19)7-9-20(24)23(21,3)4/h9,17-19,21-22H,7-8,10-14H2,1-6H3/t17?,18?,19?,21-,22-,24?,25?/m0/s1. The maximum absolute atomic E-state index is 11.7. The second kappa shape index (κ2) is 6.85. The third-order valence-corrected chi connectivity index (χ3v) is 9.42. The van der Waals surface area contributed by atoms with Crippen molar-refractivity contribution in [1.82, 2.24) is 0 Å². The van der Waals surface area contributed by atoms with Crippen LogP contribution in [0.25, 0.3) is 0 Å². The van der Waals surface area contributed by atoms with Gasteiger partial charge in [0.25, 0.3) is 0 Å². The minimum Gasteiger partial charge on any atom is -0.462 e. The predicted octanol–water partition coefficient (Wildman–Crippen LogP) is 5.45. The molecule has 7 atom stereocenters. The van der Waals surface area contributed by atoms with Gasteiger partial charge in [0, 0.05) is 24.7 Å². The fourth-order valence-corrected chi connectivity index (χ4v) is 8.13. The third-order valence-electron chi connectivity index (χ3n) is 9.42. The highest BCUT2D eigenvalue weighted by molar-refractivity contribution is 5.66. The molecule has 0 aromatic carbocycles. The van der Waals surface area contributed by atoms with Crippen LogP contribution in [0.1, 0.15) is 86.5 Å². The smallest absolute Gasteiger partial charge is 0.302 e. The lowest BCUT2D eigenvalue weighted by molar-refractivity contribution is -0.160. The van der Waals surface area contributed by atoms with Crippen molar-refractivity contribution in [2.45, 2.75) is 98.7 Å². The van der Waals surface area contributed by atoms with Gasteiger partial charge in [-0.05, 0) is 68.1 Å². The van der Waals surface area contributed by atoms with Gasteiger partial charge in [-0.3, -0.25) is 9.59 Å². The molecule has 0 spiro atoms. The molecule has 162 valence electrons. The number of carbonyl (C=O) groups excluding carboxylic acids is 2. The largest absolute Gasteiger partial charge is 0.462 e. The lowest BCUT2D eigenvalue weighted by Gasteiger charge is -2.61. The van der Waals surface area contributed by atoms with Crippen molar-refractivity contribution in [3.63, 3.8) is 0 Å². The van der Waals surface area contributed by atoms with Crippen LogP contribution in [0.5, 0.6) is 0 Å². The van der Waals surface area contributed by atoms with E-state index in [1.807, 2.05) is 0 Å². The first-order valence-corrected chi connectivity index (χ1v) is 11.6. The molecule has 4 rings (SSSR count). The lowest BCUT2D eigenvalue weighted by Crippen LogP contribution is -2.55. The van der Waals surface area contributed by atoms with E-state index >= 15 is 0 Å². The first-order chi connectivity index (χ1) is 13.5. The first kappa shape index (κ1) is 20.9. The van der Waals surface area contributed by atoms with Gasteiger partial charge in [0.2, 0.25) is 0 Å². The molecule has 4 heteroatoms. The second-order valence-electron chi connectivity index (χ2n) is 11.2. The summed E-state index contributed by atoms with van der Waals surface area (Å²) in [6.07, 6.45) is 10.3. The van der Waals surface area contributed by atoms with Crippen molar-refractivity contribution in [3.8, 4) is 0 Å². The summed E-state index contributed by atoms with van der Waals surface area (Å²) in [4.78, 5) is 23.3. The number of esters is 2. The molecule has 0 aromatic heterocycles. The highest BCUT2D eigenvalue weighted by Crippen LogP contribution is 2.67. The van der Waals surface area contributed by atoms with Crippen LogP contribution < -0.4 is 0 Å². The molecule has 0 amide bonds. The maximum atomic E-state index is 11.7. The summed E-state index contributed by atoms with van der Waals surface area (Å²) < 4.78 is 11.5. The van der Waals surface area contributed by atoms with E-state index in [2.05, 4.69) is 33.8 Å². The predicted molar refractivity (Wildman–Crippen MR) is 112 cm³/mol. The van der Waals surface area contributed by atoms with E-state index in [1.165, 1.54) is 25.3 Å². The Morgan fingerprint density at radius 2 is 1.52 bits per heavy atom. The SMILES string of the molecule is CC(=O)O[C@H]1CCC2(C)C(=CCC3C2CCC2(C)C3CC[C@@H]2OC(C)=O)C1(C)C. The molecule has 29 heavy (non-hydrogen) atoms.